The van der Waals surface area contributed by atoms with Crippen LogP contribution in [-0.4, -0.2) is 41.1 Å². The molecule has 7 nitrogen and oxygen atoms in total. The number of carbonyl (C=O) groups is 1. The second-order valence-corrected chi connectivity index (χ2v) is 5.72. The van der Waals surface area contributed by atoms with Gasteiger partial charge in [-0.05, 0) is 19.1 Å². The van der Waals surface area contributed by atoms with E-state index in [2.05, 4.69) is 10.3 Å². The molecule has 0 saturated heterocycles. The lowest BCUT2D eigenvalue weighted by Crippen LogP contribution is -2.34. The molecular formula is C19H22N4O3. The van der Waals surface area contributed by atoms with E-state index in [0.717, 1.165) is 11.3 Å². The van der Waals surface area contributed by atoms with Gasteiger partial charge in [-0.25, -0.2) is 9.78 Å². The number of nitrogens with zero attached hydrogens (tertiary/aromatic N) is 3. The highest BCUT2D eigenvalue weighted by molar-refractivity contribution is 5.89. The van der Waals surface area contributed by atoms with Crippen molar-refractivity contribution in [2.75, 3.05) is 26.1 Å². The number of ether oxygens (including phenoxy) is 2. The van der Waals surface area contributed by atoms with Crippen molar-refractivity contribution < 1.29 is 14.3 Å². The minimum absolute atomic E-state index is 0.200. The van der Waals surface area contributed by atoms with E-state index in [1.165, 1.54) is 0 Å². The van der Waals surface area contributed by atoms with Crippen molar-refractivity contribution in [1.29, 1.82) is 0 Å². The van der Waals surface area contributed by atoms with Gasteiger partial charge >= 0.3 is 6.03 Å². The lowest BCUT2D eigenvalue weighted by molar-refractivity contribution is 0.211. The molecule has 2 heterocycles. The van der Waals surface area contributed by atoms with Crippen LogP contribution in [0.25, 0.3) is 5.65 Å². The smallest absolute Gasteiger partial charge is 0.322 e. The number of fused-ring (bicyclic) bond motifs is 1. The van der Waals surface area contributed by atoms with Crippen molar-refractivity contribution in [3.05, 3.63) is 54.5 Å². The van der Waals surface area contributed by atoms with E-state index in [4.69, 9.17) is 9.47 Å². The molecule has 0 bridgehead atoms. The van der Waals surface area contributed by atoms with Gasteiger partial charge in [-0.2, -0.15) is 0 Å². The highest BCUT2D eigenvalue weighted by atomic mass is 16.5. The number of amides is 2. The Labute approximate surface area is 152 Å². The molecule has 0 spiro atoms. The molecule has 1 aromatic carbocycles. The maximum Gasteiger partial charge on any atom is 0.322 e. The summed E-state index contributed by atoms with van der Waals surface area (Å²) in [4.78, 5) is 18.8. The maximum absolute atomic E-state index is 12.7. The van der Waals surface area contributed by atoms with Crippen LogP contribution in [0.5, 0.6) is 11.5 Å². The van der Waals surface area contributed by atoms with Crippen LogP contribution in [0.3, 0.4) is 0 Å². The van der Waals surface area contributed by atoms with Crippen LogP contribution >= 0.6 is 0 Å². The molecule has 0 atom stereocenters. The monoisotopic (exact) mass is 354 g/mol. The van der Waals surface area contributed by atoms with Crippen LogP contribution in [0.1, 0.15) is 12.6 Å². The topological polar surface area (TPSA) is 68.1 Å². The van der Waals surface area contributed by atoms with Crippen LogP contribution in [0.4, 0.5) is 10.5 Å². The molecule has 0 aliphatic carbocycles. The largest absolute Gasteiger partial charge is 0.497 e. The number of carbonyl (C=O) groups excluding carboxylic acids is 1. The first-order valence-corrected chi connectivity index (χ1v) is 8.34. The molecule has 0 fully saturated rings. The lowest BCUT2D eigenvalue weighted by Gasteiger charge is -2.21. The van der Waals surface area contributed by atoms with E-state index in [1.807, 2.05) is 35.7 Å². The minimum atomic E-state index is -0.200. The fourth-order valence-corrected chi connectivity index (χ4v) is 2.71. The Kier molecular flexibility index (Phi) is 5.26. The summed E-state index contributed by atoms with van der Waals surface area (Å²) in [5.74, 6) is 1.23. The Morgan fingerprint density at radius 3 is 2.58 bits per heavy atom. The number of methoxy groups -OCH3 is 2. The molecule has 136 valence electrons. The summed E-state index contributed by atoms with van der Waals surface area (Å²) in [6.45, 7) is 2.95. The summed E-state index contributed by atoms with van der Waals surface area (Å²) in [5, 5.41) is 2.90. The first-order chi connectivity index (χ1) is 12.6. The fourth-order valence-electron chi connectivity index (χ4n) is 2.71. The van der Waals surface area contributed by atoms with Crippen LogP contribution in [0.15, 0.2) is 48.8 Å². The quantitative estimate of drug-likeness (QED) is 0.737. The van der Waals surface area contributed by atoms with Crippen LogP contribution in [-0.2, 0) is 6.54 Å². The number of nitrogens with one attached hydrogen (secondary N) is 1. The van der Waals surface area contributed by atoms with Gasteiger partial charge in [-0.3, -0.25) is 0 Å². The molecule has 7 heteroatoms. The third kappa shape index (κ3) is 3.72. The van der Waals surface area contributed by atoms with Crippen LogP contribution in [0.2, 0.25) is 0 Å². The second kappa shape index (κ2) is 7.77. The molecule has 0 unspecified atom stereocenters. The van der Waals surface area contributed by atoms with Gasteiger partial charge in [0.15, 0.2) is 0 Å². The maximum atomic E-state index is 12.7. The summed E-state index contributed by atoms with van der Waals surface area (Å²) in [7, 11) is 3.15. The summed E-state index contributed by atoms with van der Waals surface area (Å²) < 4.78 is 12.5. The molecule has 2 amide bonds. The number of aromatic nitrogens is 2. The number of imidazole rings is 1. The third-order valence-corrected chi connectivity index (χ3v) is 4.12. The SMILES string of the molecule is CCN(Cc1cnc2ccccn12)C(=O)Nc1cc(OC)cc(OC)c1. The Balaban J connectivity index is 1.77. The van der Waals surface area contributed by atoms with Crippen molar-refractivity contribution in [3.8, 4) is 11.5 Å². The summed E-state index contributed by atoms with van der Waals surface area (Å²) >= 11 is 0. The predicted molar refractivity (Wildman–Crippen MR) is 99.8 cm³/mol. The van der Waals surface area contributed by atoms with E-state index in [1.54, 1.807) is 43.5 Å². The number of rotatable bonds is 6. The number of hydrogen-bond acceptors (Lipinski definition) is 4. The standard InChI is InChI=1S/C19H22N4O3/c1-4-22(13-15-12-20-18-7-5-6-8-23(15)18)19(24)21-14-9-16(25-2)11-17(10-14)26-3/h5-12H,4,13H2,1-3H3,(H,21,24). The van der Waals surface area contributed by atoms with Crippen molar-refractivity contribution in [2.45, 2.75) is 13.5 Å². The second-order valence-electron chi connectivity index (χ2n) is 5.72. The zero-order valence-corrected chi connectivity index (χ0v) is 15.1. The zero-order valence-electron chi connectivity index (χ0n) is 15.1. The van der Waals surface area contributed by atoms with Crippen molar-refractivity contribution in [1.82, 2.24) is 14.3 Å². The highest BCUT2D eigenvalue weighted by Gasteiger charge is 2.15. The van der Waals surface area contributed by atoms with Gasteiger partial charge in [0.2, 0.25) is 0 Å². The molecule has 3 rings (SSSR count). The molecule has 26 heavy (non-hydrogen) atoms. The Hall–Kier alpha value is -3.22. The van der Waals surface area contributed by atoms with E-state index < -0.39 is 0 Å². The number of urea groups is 1. The van der Waals surface area contributed by atoms with E-state index in [9.17, 15) is 4.79 Å². The number of anilines is 1. The molecule has 0 radical (unpaired) electrons. The number of benzene rings is 1. The van der Waals surface area contributed by atoms with Crippen LogP contribution < -0.4 is 14.8 Å². The van der Waals surface area contributed by atoms with E-state index in [0.29, 0.717) is 30.3 Å². The van der Waals surface area contributed by atoms with E-state index >= 15 is 0 Å². The van der Waals surface area contributed by atoms with Gasteiger partial charge in [-0.15, -0.1) is 0 Å². The van der Waals surface area contributed by atoms with Crippen molar-refractivity contribution >= 4 is 17.4 Å². The Morgan fingerprint density at radius 2 is 1.92 bits per heavy atom. The van der Waals surface area contributed by atoms with Gasteiger partial charge < -0.3 is 24.1 Å². The van der Waals surface area contributed by atoms with Crippen LogP contribution in [0, 0.1) is 0 Å². The summed E-state index contributed by atoms with van der Waals surface area (Å²) in [6, 6.07) is 10.9. The molecule has 2 aromatic heterocycles. The molecule has 3 aromatic rings. The lowest BCUT2D eigenvalue weighted by atomic mass is 10.2. The van der Waals surface area contributed by atoms with Gasteiger partial charge in [0.1, 0.15) is 17.1 Å². The van der Waals surface area contributed by atoms with Gasteiger partial charge in [0, 0.05) is 36.6 Å². The first-order valence-electron chi connectivity index (χ1n) is 8.34. The summed E-state index contributed by atoms with van der Waals surface area (Å²) in [5.41, 5.74) is 2.42. The third-order valence-electron chi connectivity index (χ3n) is 4.12. The Morgan fingerprint density at radius 1 is 1.19 bits per heavy atom. The normalized spacial score (nSPS) is 10.6. The fraction of sp³-hybridized carbons (Fsp3) is 0.263. The van der Waals surface area contributed by atoms with Crippen molar-refractivity contribution in [3.63, 3.8) is 0 Å². The van der Waals surface area contributed by atoms with Gasteiger partial charge in [-0.1, -0.05) is 6.07 Å². The summed E-state index contributed by atoms with van der Waals surface area (Å²) in [6.07, 6.45) is 3.73. The molecule has 0 aliphatic rings. The molecule has 0 aliphatic heterocycles. The minimum Gasteiger partial charge on any atom is -0.497 e. The average Bonchev–Trinajstić information content (AvgIpc) is 3.08. The number of pyridine rings is 1. The molecule has 1 N–H and O–H groups in total. The Bertz CT molecular complexity index is 884. The molecule has 0 saturated carbocycles. The van der Waals surface area contributed by atoms with Crippen molar-refractivity contribution in [2.24, 2.45) is 0 Å². The van der Waals surface area contributed by atoms with E-state index in [-0.39, 0.29) is 6.03 Å². The highest BCUT2D eigenvalue weighted by Crippen LogP contribution is 2.26. The molecular weight excluding hydrogens is 332 g/mol. The predicted octanol–water partition coefficient (Wildman–Crippen LogP) is 3.41. The zero-order chi connectivity index (χ0) is 18.5. The first kappa shape index (κ1) is 17.6. The van der Waals surface area contributed by atoms with Gasteiger partial charge in [0.05, 0.1) is 32.7 Å². The van der Waals surface area contributed by atoms with Gasteiger partial charge in [0.25, 0.3) is 0 Å². The average molecular weight is 354 g/mol. The number of hydrogen-bond donors (Lipinski definition) is 1.